The number of hydrogen-bond donors (Lipinski definition) is 0. The van der Waals surface area contributed by atoms with Crippen LogP contribution >= 0.6 is 11.8 Å². The molecule has 2 fully saturated rings. The van der Waals surface area contributed by atoms with Crippen molar-refractivity contribution in [1.82, 2.24) is 19.7 Å². The first kappa shape index (κ1) is 20.5. The van der Waals surface area contributed by atoms with Gasteiger partial charge in [-0.2, -0.15) is 0 Å². The van der Waals surface area contributed by atoms with Gasteiger partial charge in [-0.3, -0.25) is 9.36 Å². The van der Waals surface area contributed by atoms with Crippen molar-refractivity contribution in [3.05, 3.63) is 24.3 Å². The molecule has 1 aromatic heterocycles. The Balaban J connectivity index is 1.20. The molecule has 0 bridgehead atoms. The summed E-state index contributed by atoms with van der Waals surface area (Å²) in [5.74, 6) is 2.92. The fourth-order valence-electron chi connectivity index (χ4n) is 4.18. The Labute approximate surface area is 186 Å². The number of fused-ring (bicyclic) bond motifs is 1. The minimum atomic E-state index is -0.166. The second kappa shape index (κ2) is 8.98. The molecule has 5 rings (SSSR count). The molecular formula is C22H29N5O3S. The Morgan fingerprint density at radius 1 is 1.19 bits per heavy atom. The molecule has 8 nitrogen and oxygen atoms in total. The first-order valence-electron chi connectivity index (χ1n) is 11.2. The summed E-state index contributed by atoms with van der Waals surface area (Å²) in [6.45, 7) is 5.69. The molecule has 166 valence electrons. The molecule has 2 aliphatic heterocycles. The lowest BCUT2D eigenvalue weighted by Gasteiger charge is -2.30. The van der Waals surface area contributed by atoms with E-state index in [1.54, 1.807) is 0 Å². The van der Waals surface area contributed by atoms with Crippen LogP contribution in [-0.4, -0.2) is 70.2 Å². The zero-order chi connectivity index (χ0) is 21.2. The van der Waals surface area contributed by atoms with Gasteiger partial charge < -0.3 is 19.3 Å². The molecule has 0 spiro atoms. The number of benzene rings is 1. The zero-order valence-electron chi connectivity index (χ0n) is 17.9. The van der Waals surface area contributed by atoms with Gasteiger partial charge in [-0.25, -0.2) is 0 Å². The van der Waals surface area contributed by atoms with Crippen molar-refractivity contribution in [1.29, 1.82) is 0 Å². The van der Waals surface area contributed by atoms with E-state index in [1.807, 2.05) is 36.1 Å². The van der Waals surface area contributed by atoms with Crippen LogP contribution in [-0.2, 0) is 4.79 Å². The number of carbonyl (C=O) groups excluding carboxylic acids is 1. The largest absolute Gasteiger partial charge is 0.486 e. The molecule has 1 aliphatic carbocycles. The zero-order valence-corrected chi connectivity index (χ0v) is 18.7. The van der Waals surface area contributed by atoms with Crippen LogP contribution in [0.1, 0.15) is 38.6 Å². The standard InChI is InChI=1S/C22H29N5O3S/c1-2-25(13-17-14-29-18-7-3-4-8-19(18)30-17)20(28)15-31-22-24-23-21(26-11-5-6-12-26)27(22)16-9-10-16/h3-4,7-8,16-17H,2,5-6,9-15H2,1H3/t17-/m0/s1. The monoisotopic (exact) mass is 443 g/mol. The van der Waals surface area contributed by atoms with Crippen molar-refractivity contribution < 1.29 is 14.3 Å². The summed E-state index contributed by atoms with van der Waals surface area (Å²) in [6, 6.07) is 8.14. The Kier molecular flexibility index (Phi) is 5.93. The highest BCUT2D eigenvalue weighted by Crippen LogP contribution is 2.41. The van der Waals surface area contributed by atoms with E-state index in [0.717, 1.165) is 35.7 Å². The molecule has 1 saturated carbocycles. The Bertz CT molecular complexity index is 926. The Morgan fingerprint density at radius 2 is 1.97 bits per heavy atom. The molecule has 0 N–H and O–H groups in total. The minimum absolute atomic E-state index is 0.0861. The summed E-state index contributed by atoms with van der Waals surface area (Å²) in [7, 11) is 0. The highest BCUT2D eigenvalue weighted by molar-refractivity contribution is 7.99. The van der Waals surface area contributed by atoms with Crippen LogP contribution in [0, 0.1) is 0 Å². The number of thioether (sulfide) groups is 1. The van der Waals surface area contributed by atoms with Gasteiger partial charge in [0.25, 0.3) is 0 Å². The first-order chi connectivity index (χ1) is 15.2. The van der Waals surface area contributed by atoms with Gasteiger partial charge in [0, 0.05) is 25.7 Å². The maximum atomic E-state index is 13.0. The van der Waals surface area contributed by atoms with Crippen LogP contribution in [0.15, 0.2) is 29.4 Å². The topological polar surface area (TPSA) is 72.7 Å². The smallest absolute Gasteiger partial charge is 0.233 e. The SMILES string of the molecule is CCN(C[C@H]1COc2ccccc2O1)C(=O)CSc1nnc(N2CCCC2)n1C1CC1. The van der Waals surface area contributed by atoms with Crippen molar-refractivity contribution >= 4 is 23.6 Å². The van der Waals surface area contributed by atoms with E-state index in [4.69, 9.17) is 9.47 Å². The van der Waals surface area contributed by atoms with Gasteiger partial charge in [0.2, 0.25) is 11.9 Å². The molecule has 0 unspecified atom stereocenters. The van der Waals surface area contributed by atoms with E-state index in [-0.39, 0.29) is 12.0 Å². The lowest BCUT2D eigenvalue weighted by atomic mass is 10.2. The minimum Gasteiger partial charge on any atom is -0.486 e. The van der Waals surface area contributed by atoms with Crippen molar-refractivity contribution in [2.75, 3.05) is 43.4 Å². The number of nitrogens with zero attached hydrogens (tertiary/aromatic N) is 5. The Hall–Kier alpha value is -2.42. The number of amides is 1. The van der Waals surface area contributed by atoms with E-state index < -0.39 is 0 Å². The summed E-state index contributed by atoms with van der Waals surface area (Å²) in [5, 5.41) is 9.77. The van der Waals surface area contributed by atoms with E-state index >= 15 is 0 Å². The number of hydrogen-bond acceptors (Lipinski definition) is 7. The number of ether oxygens (including phenoxy) is 2. The van der Waals surface area contributed by atoms with Gasteiger partial charge in [0.05, 0.1) is 12.3 Å². The van der Waals surface area contributed by atoms with Gasteiger partial charge in [-0.1, -0.05) is 23.9 Å². The maximum absolute atomic E-state index is 13.0. The van der Waals surface area contributed by atoms with Crippen LogP contribution in [0.4, 0.5) is 5.95 Å². The highest BCUT2D eigenvalue weighted by Gasteiger charge is 2.33. The third kappa shape index (κ3) is 4.46. The van der Waals surface area contributed by atoms with Crippen molar-refractivity contribution in [3.63, 3.8) is 0 Å². The number of likely N-dealkylation sites (N-methyl/N-ethyl adjacent to an activating group) is 1. The average molecular weight is 444 g/mol. The summed E-state index contributed by atoms with van der Waals surface area (Å²) in [5.41, 5.74) is 0. The third-order valence-electron chi connectivity index (χ3n) is 6.00. The lowest BCUT2D eigenvalue weighted by molar-refractivity contribution is -0.129. The predicted octanol–water partition coefficient (Wildman–Crippen LogP) is 2.99. The van der Waals surface area contributed by atoms with E-state index in [0.29, 0.717) is 31.5 Å². The number of carbonyl (C=O) groups is 1. The molecule has 1 saturated heterocycles. The highest BCUT2D eigenvalue weighted by atomic mass is 32.2. The molecule has 0 radical (unpaired) electrons. The van der Waals surface area contributed by atoms with Crippen LogP contribution < -0.4 is 14.4 Å². The quantitative estimate of drug-likeness (QED) is 0.581. The fourth-order valence-corrected chi connectivity index (χ4v) is 5.08. The number of aromatic nitrogens is 3. The second-order valence-corrected chi connectivity index (χ2v) is 9.24. The van der Waals surface area contributed by atoms with Gasteiger partial charge in [0.15, 0.2) is 22.8 Å². The molecule has 3 aliphatic rings. The average Bonchev–Trinajstić information content (AvgIpc) is 3.32. The molecule has 3 heterocycles. The molecular weight excluding hydrogens is 414 g/mol. The number of anilines is 1. The van der Waals surface area contributed by atoms with E-state index in [9.17, 15) is 4.79 Å². The molecule has 9 heteroatoms. The van der Waals surface area contributed by atoms with Gasteiger partial charge >= 0.3 is 0 Å². The van der Waals surface area contributed by atoms with Crippen molar-refractivity contribution in [3.8, 4) is 11.5 Å². The third-order valence-corrected chi connectivity index (χ3v) is 6.93. The normalized spacial score (nSPS) is 20.2. The molecule has 1 atom stereocenters. The van der Waals surface area contributed by atoms with Crippen LogP contribution in [0.5, 0.6) is 11.5 Å². The Morgan fingerprint density at radius 3 is 2.71 bits per heavy atom. The van der Waals surface area contributed by atoms with E-state index in [1.165, 1.54) is 37.4 Å². The van der Waals surface area contributed by atoms with Gasteiger partial charge in [-0.05, 0) is 44.7 Å². The fraction of sp³-hybridized carbons (Fsp3) is 0.591. The van der Waals surface area contributed by atoms with Crippen LogP contribution in [0.3, 0.4) is 0 Å². The molecule has 1 amide bonds. The molecule has 1 aromatic carbocycles. The van der Waals surface area contributed by atoms with Crippen molar-refractivity contribution in [2.45, 2.75) is 49.9 Å². The summed E-state index contributed by atoms with van der Waals surface area (Å²) >= 11 is 1.50. The van der Waals surface area contributed by atoms with Crippen LogP contribution in [0.2, 0.25) is 0 Å². The van der Waals surface area contributed by atoms with Crippen molar-refractivity contribution in [2.24, 2.45) is 0 Å². The van der Waals surface area contributed by atoms with Gasteiger partial charge in [0.1, 0.15) is 6.61 Å². The summed E-state index contributed by atoms with van der Waals surface area (Å²) < 4.78 is 14.1. The molecule has 31 heavy (non-hydrogen) atoms. The summed E-state index contributed by atoms with van der Waals surface area (Å²) in [6.07, 6.45) is 4.59. The number of para-hydroxylation sites is 2. The van der Waals surface area contributed by atoms with E-state index in [2.05, 4.69) is 19.7 Å². The van der Waals surface area contributed by atoms with Crippen LogP contribution in [0.25, 0.3) is 0 Å². The second-order valence-electron chi connectivity index (χ2n) is 8.30. The predicted molar refractivity (Wildman–Crippen MR) is 119 cm³/mol. The first-order valence-corrected chi connectivity index (χ1v) is 12.2. The molecule has 2 aromatic rings. The number of rotatable bonds is 8. The maximum Gasteiger partial charge on any atom is 0.233 e. The van der Waals surface area contributed by atoms with Gasteiger partial charge in [-0.15, -0.1) is 10.2 Å². The lowest BCUT2D eigenvalue weighted by Crippen LogP contribution is -2.44. The summed E-state index contributed by atoms with van der Waals surface area (Å²) in [4.78, 5) is 17.1.